The van der Waals surface area contributed by atoms with Crippen LogP contribution in [0.1, 0.15) is 18.5 Å². The second kappa shape index (κ2) is 5.54. The zero-order valence-corrected chi connectivity index (χ0v) is 10.4. The van der Waals surface area contributed by atoms with Crippen LogP contribution in [0.3, 0.4) is 0 Å². The van der Waals surface area contributed by atoms with E-state index in [2.05, 4.69) is 40.8 Å². The van der Waals surface area contributed by atoms with Gasteiger partial charge in [0.2, 0.25) is 0 Å². The molecular formula is C11H13BrClN. The SMILES string of the molecule is C=C(Cl)CNC(C)c1ccccc1Br. The summed E-state index contributed by atoms with van der Waals surface area (Å²) >= 11 is 9.19. The summed E-state index contributed by atoms with van der Waals surface area (Å²) in [6.07, 6.45) is 0. The largest absolute Gasteiger partial charge is 0.305 e. The van der Waals surface area contributed by atoms with Gasteiger partial charge >= 0.3 is 0 Å². The second-order valence-corrected chi connectivity index (χ2v) is 4.53. The van der Waals surface area contributed by atoms with Crippen LogP contribution in [0.15, 0.2) is 40.3 Å². The van der Waals surface area contributed by atoms with Crippen molar-refractivity contribution < 1.29 is 0 Å². The van der Waals surface area contributed by atoms with E-state index < -0.39 is 0 Å². The van der Waals surface area contributed by atoms with E-state index in [9.17, 15) is 0 Å². The van der Waals surface area contributed by atoms with Gasteiger partial charge in [-0.3, -0.25) is 0 Å². The molecule has 0 spiro atoms. The smallest absolute Gasteiger partial charge is 0.0313 e. The lowest BCUT2D eigenvalue weighted by Gasteiger charge is -2.15. The fraction of sp³-hybridized carbons (Fsp3) is 0.273. The topological polar surface area (TPSA) is 12.0 Å². The zero-order chi connectivity index (χ0) is 10.6. The van der Waals surface area contributed by atoms with Gasteiger partial charge in [0.25, 0.3) is 0 Å². The summed E-state index contributed by atoms with van der Waals surface area (Å²) in [4.78, 5) is 0. The lowest BCUT2D eigenvalue weighted by Crippen LogP contribution is -2.20. The molecule has 14 heavy (non-hydrogen) atoms. The first-order valence-corrected chi connectivity index (χ1v) is 5.59. The molecule has 1 atom stereocenters. The van der Waals surface area contributed by atoms with Crippen molar-refractivity contribution in [3.8, 4) is 0 Å². The molecule has 1 aromatic rings. The molecule has 1 nitrogen and oxygen atoms in total. The van der Waals surface area contributed by atoms with Crippen molar-refractivity contribution in [2.24, 2.45) is 0 Å². The number of halogens is 2. The number of benzene rings is 1. The van der Waals surface area contributed by atoms with E-state index in [1.54, 1.807) is 0 Å². The lowest BCUT2D eigenvalue weighted by atomic mass is 10.1. The molecule has 0 saturated heterocycles. The Morgan fingerprint density at radius 1 is 1.57 bits per heavy atom. The fourth-order valence-electron chi connectivity index (χ4n) is 1.20. The second-order valence-electron chi connectivity index (χ2n) is 3.14. The molecule has 76 valence electrons. The minimum absolute atomic E-state index is 0.265. The van der Waals surface area contributed by atoms with Crippen molar-refractivity contribution in [2.75, 3.05) is 6.54 Å². The van der Waals surface area contributed by atoms with Crippen LogP contribution in [0.25, 0.3) is 0 Å². The Labute approximate surface area is 98.3 Å². The van der Waals surface area contributed by atoms with E-state index >= 15 is 0 Å². The minimum atomic E-state index is 0.265. The van der Waals surface area contributed by atoms with Gasteiger partial charge in [0, 0.05) is 22.1 Å². The van der Waals surface area contributed by atoms with Crippen LogP contribution < -0.4 is 5.32 Å². The van der Waals surface area contributed by atoms with Crippen LogP contribution in [0, 0.1) is 0 Å². The Kier molecular flexibility index (Phi) is 4.66. The molecule has 0 amide bonds. The van der Waals surface area contributed by atoms with Crippen molar-refractivity contribution in [3.63, 3.8) is 0 Å². The summed E-state index contributed by atoms with van der Waals surface area (Å²) in [6.45, 7) is 6.36. The van der Waals surface area contributed by atoms with Crippen molar-refractivity contribution in [2.45, 2.75) is 13.0 Å². The quantitative estimate of drug-likeness (QED) is 0.879. The molecule has 0 fully saturated rings. The number of nitrogens with one attached hydrogen (secondary N) is 1. The molecule has 3 heteroatoms. The van der Waals surface area contributed by atoms with E-state index in [1.807, 2.05) is 18.2 Å². The maximum atomic E-state index is 5.68. The van der Waals surface area contributed by atoms with Gasteiger partial charge in [-0.25, -0.2) is 0 Å². The average molecular weight is 275 g/mol. The first-order chi connectivity index (χ1) is 6.61. The maximum absolute atomic E-state index is 5.68. The number of hydrogen-bond acceptors (Lipinski definition) is 1. The highest BCUT2D eigenvalue weighted by molar-refractivity contribution is 9.10. The Morgan fingerprint density at radius 2 is 2.21 bits per heavy atom. The van der Waals surface area contributed by atoms with E-state index in [-0.39, 0.29) is 6.04 Å². The monoisotopic (exact) mass is 273 g/mol. The Morgan fingerprint density at radius 3 is 2.79 bits per heavy atom. The molecule has 0 heterocycles. The van der Waals surface area contributed by atoms with Crippen LogP contribution in [0.4, 0.5) is 0 Å². The highest BCUT2D eigenvalue weighted by atomic mass is 79.9. The van der Waals surface area contributed by atoms with Gasteiger partial charge in [-0.1, -0.05) is 52.3 Å². The molecule has 0 aromatic heterocycles. The first kappa shape index (κ1) is 11.8. The molecule has 1 aromatic carbocycles. The van der Waals surface area contributed by atoms with Crippen LogP contribution in [0.5, 0.6) is 0 Å². The predicted octanol–water partition coefficient (Wildman–Crippen LogP) is 3.85. The third kappa shape index (κ3) is 3.45. The van der Waals surface area contributed by atoms with Crippen LogP contribution >= 0.6 is 27.5 Å². The first-order valence-electron chi connectivity index (χ1n) is 4.42. The summed E-state index contributed by atoms with van der Waals surface area (Å²) in [7, 11) is 0. The molecule has 0 radical (unpaired) electrons. The number of hydrogen-bond donors (Lipinski definition) is 1. The van der Waals surface area contributed by atoms with Gasteiger partial charge < -0.3 is 5.32 Å². The van der Waals surface area contributed by atoms with Gasteiger partial charge in [-0.15, -0.1) is 0 Å². The van der Waals surface area contributed by atoms with Gasteiger partial charge in [-0.2, -0.15) is 0 Å². The molecule has 1 N–H and O–H groups in total. The van der Waals surface area contributed by atoms with Crippen LogP contribution in [-0.2, 0) is 0 Å². The van der Waals surface area contributed by atoms with E-state index in [0.717, 1.165) is 4.47 Å². The highest BCUT2D eigenvalue weighted by Crippen LogP contribution is 2.22. The molecule has 0 bridgehead atoms. The third-order valence-corrected chi connectivity index (χ3v) is 2.83. The van der Waals surface area contributed by atoms with Crippen LogP contribution in [-0.4, -0.2) is 6.54 Å². The normalized spacial score (nSPS) is 12.5. The van der Waals surface area contributed by atoms with Gasteiger partial charge in [0.1, 0.15) is 0 Å². The Bertz CT molecular complexity index is 325. The van der Waals surface area contributed by atoms with E-state index in [1.165, 1.54) is 5.56 Å². The molecule has 1 unspecified atom stereocenters. The highest BCUT2D eigenvalue weighted by Gasteiger charge is 2.07. The third-order valence-electron chi connectivity index (χ3n) is 1.97. The average Bonchev–Trinajstić information content (AvgIpc) is 2.15. The van der Waals surface area contributed by atoms with E-state index in [0.29, 0.717) is 11.6 Å². The summed E-state index contributed by atoms with van der Waals surface area (Å²) in [5.41, 5.74) is 1.23. The summed E-state index contributed by atoms with van der Waals surface area (Å²) < 4.78 is 1.11. The lowest BCUT2D eigenvalue weighted by molar-refractivity contribution is 0.612. The summed E-state index contributed by atoms with van der Waals surface area (Å²) in [5.74, 6) is 0. The van der Waals surface area contributed by atoms with Gasteiger partial charge in [-0.05, 0) is 18.6 Å². The minimum Gasteiger partial charge on any atom is -0.305 e. The molecule has 1 rings (SSSR count). The predicted molar refractivity (Wildman–Crippen MR) is 65.6 cm³/mol. The molecular weight excluding hydrogens is 261 g/mol. The van der Waals surface area contributed by atoms with Gasteiger partial charge in [0.05, 0.1) is 0 Å². The standard InChI is InChI=1S/C11H13BrClN/c1-8(13)7-14-9(2)10-5-3-4-6-11(10)12/h3-6,9,14H,1,7H2,2H3. The van der Waals surface area contributed by atoms with Crippen molar-refractivity contribution in [1.82, 2.24) is 5.32 Å². The maximum Gasteiger partial charge on any atom is 0.0313 e. The molecule has 0 aliphatic carbocycles. The Balaban J connectivity index is 2.65. The van der Waals surface area contributed by atoms with E-state index in [4.69, 9.17) is 11.6 Å². The van der Waals surface area contributed by atoms with Crippen molar-refractivity contribution in [3.05, 3.63) is 45.9 Å². The van der Waals surface area contributed by atoms with Gasteiger partial charge in [0.15, 0.2) is 0 Å². The molecule has 0 aliphatic rings. The Hall–Kier alpha value is -0.310. The summed E-state index contributed by atoms with van der Waals surface area (Å²) in [5, 5.41) is 3.91. The summed E-state index contributed by atoms with van der Waals surface area (Å²) in [6, 6.07) is 8.40. The zero-order valence-electron chi connectivity index (χ0n) is 8.06. The van der Waals surface area contributed by atoms with Crippen LogP contribution in [0.2, 0.25) is 0 Å². The fourth-order valence-corrected chi connectivity index (χ4v) is 1.91. The van der Waals surface area contributed by atoms with Crippen molar-refractivity contribution in [1.29, 1.82) is 0 Å². The molecule has 0 aliphatic heterocycles. The molecule has 0 saturated carbocycles. The number of rotatable bonds is 4. The van der Waals surface area contributed by atoms with Crippen molar-refractivity contribution >= 4 is 27.5 Å².